The molecule has 1 aromatic carbocycles. The Labute approximate surface area is 187 Å². The van der Waals surface area contributed by atoms with Gasteiger partial charge in [-0.25, -0.2) is 23.7 Å². The van der Waals surface area contributed by atoms with E-state index in [2.05, 4.69) is 15.0 Å². The summed E-state index contributed by atoms with van der Waals surface area (Å²) in [5.41, 5.74) is 3.63. The van der Waals surface area contributed by atoms with Crippen molar-refractivity contribution in [3.05, 3.63) is 77.4 Å². The van der Waals surface area contributed by atoms with Crippen LogP contribution >= 0.6 is 0 Å². The summed E-state index contributed by atoms with van der Waals surface area (Å²) in [7, 11) is 0. The molecular weight excluding hydrogens is 425 g/mol. The number of aromatic nitrogens is 5. The molecule has 9 heteroatoms. The summed E-state index contributed by atoms with van der Waals surface area (Å²) in [5, 5.41) is 0.402. The van der Waals surface area contributed by atoms with Crippen LogP contribution in [0.15, 0.2) is 65.8 Å². The number of hydrogen-bond donors (Lipinski definition) is 1. The maximum Gasteiger partial charge on any atom is 0.335 e. The lowest BCUT2D eigenvalue weighted by atomic mass is 10.1. The van der Waals surface area contributed by atoms with Gasteiger partial charge in [-0.2, -0.15) is 0 Å². The highest BCUT2D eigenvalue weighted by Crippen LogP contribution is 2.27. The molecule has 1 N–H and O–H groups in total. The molecule has 1 atom stereocenters. The molecule has 0 bridgehead atoms. The van der Waals surface area contributed by atoms with Gasteiger partial charge < -0.3 is 14.5 Å². The minimum absolute atomic E-state index is 0.208. The second-order valence-electron chi connectivity index (χ2n) is 7.96. The molecule has 6 rings (SSSR count). The molecule has 8 nitrogen and oxygen atoms in total. The van der Waals surface area contributed by atoms with Crippen LogP contribution < -0.4 is 5.69 Å². The molecule has 1 fully saturated rings. The summed E-state index contributed by atoms with van der Waals surface area (Å²) >= 11 is 0. The molecular formula is C24H20FN5O3. The minimum Gasteiger partial charge on any atom is -0.376 e. The molecule has 0 radical (unpaired) electrons. The van der Waals surface area contributed by atoms with Crippen molar-refractivity contribution in [1.82, 2.24) is 24.1 Å². The second kappa shape index (κ2) is 7.95. The van der Waals surface area contributed by atoms with E-state index in [1.54, 1.807) is 27.6 Å². The van der Waals surface area contributed by atoms with Crippen molar-refractivity contribution in [3.63, 3.8) is 0 Å². The number of hydrogen-bond acceptors (Lipinski definition) is 5. The van der Waals surface area contributed by atoms with Gasteiger partial charge in [0.1, 0.15) is 11.5 Å². The zero-order valence-electron chi connectivity index (χ0n) is 17.6. The van der Waals surface area contributed by atoms with Gasteiger partial charge in [0.2, 0.25) is 0 Å². The number of fused-ring (bicyclic) bond motifs is 2. The van der Waals surface area contributed by atoms with E-state index in [0.29, 0.717) is 54.1 Å². The Kier molecular flexibility index (Phi) is 4.78. The Morgan fingerprint density at radius 1 is 1.09 bits per heavy atom. The lowest BCUT2D eigenvalue weighted by Gasteiger charge is -2.23. The van der Waals surface area contributed by atoms with Crippen molar-refractivity contribution in [1.29, 1.82) is 0 Å². The van der Waals surface area contributed by atoms with Crippen LogP contribution in [0, 0.1) is 5.82 Å². The molecule has 1 saturated heterocycles. The third kappa shape index (κ3) is 3.42. The minimum atomic E-state index is -0.366. The molecule has 0 amide bonds. The lowest BCUT2D eigenvalue weighted by molar-refractivity contribution is -0.0935. The Morgan fingerprint density at radius 2 is 1.91 bits per heavy atom. The number of pyridine rings is 2. The van der Waals surface area contributed by atoms with Crippen LogP contribution in [0.2, 0.25) is 0 Å². The summed E-state index contributed by atoms with van der Waals surface area (Å²) in [4.78, 5) is 25.3. The topological polar surface area (TPSA) is 87.0 Å². The largest absolute Gasteiger partial charge is 0.376 e. The van der Waals surface area contributed by atoms with Crippen LogP contribution in [0.1, 0.15) is 0 Å². The SMILES string of the molecule is O=c1n(C[C@H]2COCCO2)c2cc(-c3cnc4[nH]cc(F)c4c3)cnc2n1-c1ccccc1. The van der Waals surface area contributed by atoms with Crippen molar-refractivity contribution >= 4 is 22.2 Å². The molecule has 5 aromatic rings. The zero-order valence-corrected chi connectivity index (χ0v) is 17.6. The maximum absolute atomic E-state index is 14.1. The van der Waals surface area contributed by atoms with Crippen molar-refractivity contribution in [2.45, 2.75) is 12.6 Å². The van der Waals surface area contributed by atoms with Gasteiger partial charge in [-0.05, 0) is 24.3 Å². The molecule has 5 heterocycles. The van der Waals surface area contributed by atoms with Crippen molar-refractivity contribution in [2.75, 3.05) is 19.8 Å². The van der Waals surface area contributed by atoms with Gasteiger partial charge in [0.05, 0.1) is 49.1 Å². The van der Waals surface area contributed by atoms with E-state index in [0.717, 1.165) is 11.3 Å². The average molecular weight is 445 g/mol. The van der Waals surface area contributed by atoms with Gasteiger partial charge in [-0.3, -0.25) is 4.57 Å². The Hall–Kier alpha value is -3.82. The fourth-order valence-electron chi connectivity index (χ4n) is 4.25. The van der Waals surface area contributed by atoms with Crippen molar-refractivity contribution < 1.29 is 13.9 Å². The highest BCUT2D eigenvalue weighted by atomic mass is 19.1. The van der Waals surface area contributed by atoms with Gasteiger partial charge >= 0.3 is 5.69 Å². The normalized spacial score (nSPS) is 16.6. The van der Waals surface area contributed by atoms with E-state index >= 15 is 0 Å². The zero-order chi connectivity index (χ0) is 22.4. The third-order valence-electron chi connectivity index (χ3n) is 5.87. The van der Waals surface area contributed by atoms with E-state index in [-0.39, 0.29) is 17.6 Å². The quantitative estimate of drug-likeness (QED) is 0.459. The molecule has 0 unspecified atom stereocenters. The summed E-state index contributed by atoms with van der Waals surface area (Å²) < 4.78 is 28.7. The number of aromatic amines is 1. The second-order valence-corrected chi connectivity index (χ2v) is 7.96. The van der Waals surface area contributed by atoms with Crippen LogP contribution in [0.5, 0.6) is 0 Å². The molecule has 0 saturated carbocycles. The Bertz CT molecular complexity index is 1520. The van der Waals surface area contributed by atoms with Crippen molar-refractivity contribution in [3.8, 4) is 16.8 Å². The van der Waals surface area contributed by atoms with Crippen LogP contribution in [-0.4, -0.2) is 50.0 Å². The van der Waals surface area contributed by atoms with Gasteiger partial charge in [0.25, 0.3) is 0 Å². The first-order valence-electron chi connectivity index (χ1n) is 10.7. The van der Waals surface area contributed by atoms with E-state index in [1.807, 2.05) is 36.4 Å². The summed E-state index contributed by atoms with van der Waals surface area (Å²) in [6.07, 6.45) is 4.39. The predicted molar refractivity (Wildman–Crippen MR) is 121 cm³/mol. The van der Waals surface area contributed by atoms with Crippen LogP contribution in [-0.2, 0) is 16.0 Å². The number of nitrogens with zero attached hydrogens (tertiary/aromatic N) is 4. The first-order chi connectivity index (χ1) is 16.2. The van der Waals surface area contributed by atoms with E-state index in [9.17, 15) is 9.18 Å². The maximum atomic E-state index is 14.1. The predicted octanol–water partition coefficient (Wildman–Crippen LogP) is 3.29. The number of halogens is 1. The fourth-order valence-corrected chi connectivity index (χ4v) is 4.25. The average Bonchev–Trinajstić information content (AvgIpc) is 3.36. The van der Waals surface area contributed by atoms with Gasteiger partial charge in [0, 0.05) is 29.7 Å². The highest BCUT2D eigenvalue weighted by Gasteiger charge is 2.22. The molecule has 4 aromatic heterocycles. The van der Waals surface area contributed by atoms with Crippen LogP contribution in [0.3, 0.4) is 0 Å². The number of H-pyrrole nitrogens is 1. The van der Waals surface area contributed by atoms with Gasteiger partial charge in [-0.1, -0.05) is 18.2 Å². The number of imidazole rings is 1. The molecule has 0 spiro atoms. The lowest BCUT2D eigenvalue weighted by Crippen LogP contribution is -2.35. The number of benzene rings is 1. The first kappa shape index (κ1) is 19.8. The molecule has 1 aliphatic rings. The summed E-state index contributed by atoms with van der Waals surface area (Å²) in [6.45, 7) is 1.80. The molecule has 33 heavy (non-hydrogen) atoms. The van der Waals surface area contributed by atoms with Crippen LogP contribution in [0.4, 0.5) is 4.39 Å². The highest BCUT2D eigenvalue weighted by molar-refractivity contribution is 5.85. The van der Waals surface area contributed by atoms with E-state index < -0.39 is 0 Å². The number of rotatable bonds is 4. The van der Waals surface area contributed by atoms with Crippen LogP contribution in [0.25, 0.3) is 39.0 Å². The standard InChI is InChI=1S/C24H20FN5O3/c25-20-12-27-22-19(20)8-15(10-26-22)16-9-21-23(28-11-16)30(17-4-2-1-3-5-17)24(31)29(21)13-18-14-32-6-7-33-18/h1-5,8-12,18H,6-7,13-14H2,(H,26,27)/t18-/m0/s1. The monoisotopic (exact) mass is 445 g/mol. The summed E-state index contributed by atoms with van der Waals surface area (Å²) in [6, 6.07) is 13.0. The van der Waals surface area contributed by atoms with Gasteiger partial charge in [0.15, 0.2) is 5.65 Å². The summed E-state index contributed by atoms with van der Waals surface area (Å²) in [5.74, 6) is -0.366. The first-order valence-corrected chi connectivity index (χ1v) is 10.7. The number of para-hydroxylation sites is 1. The Morgan fingerprint density at radius 3 is 2.73 bits per heavy atom. The van der Waals surface area contributed by atoms with Crippen molar-refractivity contribution in [2.24, 2.45) is 0 Å². The molecule has 0 aliphatic carbocycles. The third-order valence-corrected chi connectivity index (χ3v) is 5.87. The van der Waals surface area contributed by atoms with E-state index in [1.165, 1.54) is 6.20 Å². The molecule has 1 aliphatic heterocycles. The van der Waals surface area contributed by atoms with Gasteiger partial charge in [-0.15, -0.1) is 0 Å². The fraction of sp³-hybridized carbons (Fsp3) is 0.208. The Balaban J connectivity index is 1.53. The molecule has 166 valence electrons. The smallest absolute Gasteiger partial charge is 0.335 e. The number of ether oxygens (including phenoxy) is 2. The van der Waals surface area contributed by atoms with E-state index in [4.69, 9.17) is 9.47 Å². The number of nitrogens with one attached hydrogen (secondary N) is 1.